The maximum atomic E-state index is 9.98. The molecule has 0 aromatic rings. The van der Waals surface area contributed by atoms with E-state index in [-0.39, 0.29) is 19.4 Å². The molecule has 0 bridgehead atoms. The normalized spacial score (nSPS) is 8.89. The van der Waals surface area contributed by atoms with Crippen LogP contribution in [0.3, 0.4) is 0 Å². The van der Waals surface area contributed by atoms with E-state index >= 15 is 0 Å². The molecule has 0 aliphatic rings. The zero-order valence-electron chi connectivity index (χ0n) is 4.87. The van der Waals surface area contributed by atoms with Gasteiger partial charge in [0.05, 0.1) is 0 Å². The summed E-state index contributed by atoms with van der Waals surface area (Å²) in [4.78, 5) is 19.1. The third-order valence-corrected chi connectivity index (χ3v) is 0.764. The Balaban J connectivity index is 3.10. The number of nitrogens with two attached hydrogens (primary N) is 1. The van der Waals surface area contributed by atoms with Crippen LogP contribution in [0.5, 0.6) is 0 Å². The van der Waals surface area contributed by atoms with E-state index in [0.717, 1.165) is 0 Å². The molecule has 0 unspecified atom stereocenters. The summed E-state index contributed by atoms with van der Waals surface area (Å²) < 4.78 is 0. The molecule has 5 heteroatoms. The minimum absolute atomic E-state index is 0.0982. The molecule has 5 nitrogen and oxygen atoms in total. The van der Waals surface area contributed by atoms with Gasteiger partial charge < -0.3 is 5.73 Å². The first-order valence-electron chi connectivity index (χ1n) is 2.53. The molecule has 0 fully saturated rings. The molecular formula is C4H8N2O3. The quantitative estimate of drug-likeness (QED) is 0.414. The zero-order chi connectivity index (χ0) is 7.28. The number of primary amides is 1. The molecule has 9 heavy (non-hydrogen) atoms. The second-order valence-electron chi connectivity index (χ2n) is 1.63. The van der Waals surface area contributed by atoms with Gasteiger partial charge in [0.15, 0.2) is 0 Å². The first kappa shape index (κ1) is 7.87. The second-order valence-corrected chi connectivity index (χ2v) is 1.63. The van der Waals surface area contributed by atoms with Crippen molar-refractivity contribution >= 4 is 5.91 Å². The van der Waals surface area contributed by atoms with Crippen molar-refractivity contribution in [2.45, 2.75) is 12.8 Å². The number of hydrogen-bond acceptors (Lipinski definition) is 3. The van der Waals surface area contributed by atoms with E-state index in [1.165, 1.54) is 0 Å². The Morgan fingerprint density at radius 1 is 1.67 bits per heavy atom. The lowest BCUT2D eigenvalue weighted by Gasteiger charge is -1.88. The number of hydrogen-bond donors (Lipinski definition) is 1. The van der Waals surface area contributed by atoms with Gasteiger partial charge in [0.1, 0.15) is 0 Å². The van der Waals surface area contributed by atoms with Crippen LogP contribution in [0.1, 0.15) is 12.8 Å². The lowest BCUT2D eigenvalue weighted by Crippen LogP contribution is -2.12. The minimum Gasteiger partial charge on any atom is -0.370 e. The highest BCUT2D eigenvalue weighted by Gasteiger charge is 1.98. The smallest absolute Gasteiger partial charge is 0.217 e. The molecule has 1 amide bonds. The van der Waals surface area contributed by atoms with E-state index in [0.29, 0.717) is 0 Å². The number of carbonyl (C=O) groups excluding carboxylic acids is 1. The summed E-state index contributed by atoms with van der Waals surface area (Å²) in [5, 5.41) is 9.63. The summed E-state index contributed by atoms with van der Waals surface area (Å²) in [5.41, 5.74) is 4.72. The molecule has 0 aliphatic heterocycles. The Bertz CT molecular complexity index is 109. The van der Waals surface area contributed by atoms with Gasteiger partial charge in [0.25, 0.3) is 0 Å². The highest BCUT2D eigenvalue weighted by molar-refractivity contribution is 5.73. The van der Waals surface area contributed by atoms with Crippen LogP contribution in [0.2, 0.25) is 0 Å². The molecule has 0 rings (SSSR count). The van der Waals surface area contributed by atoms with Gasteiger partial charge >= 0.3 is 0 Å². The van der Waals surface area contributed by atoms with Gasteiger partial charge in [0, 0.05) is 17.8 Å². The Kier molecular flexibility index (Phi) is 3.34. The van der Waals surface area contributed by atoms with Gasteiger partial charge in [-0.25, -0.2) is 0 Å². The molecular weight excluding hydrogens is 124 g/mol. The van der Waals surface area contributed by atoms with Crippen molar-refractivity contribution in [2.75, 3.05) is 6.54 Å². The van der Waals surface area contributed by atoms with E-state index in [1.807, 2.05) is 0 Å². The van der Waals surface area contributed by atoms with Crippen LogP contribution in [-0.2, 0) is 4.79 Å². The van der Waals surface area contributed by atoms with E-state index < -0.39 is 10.8 Å². The average molecular weight is 132 g/mol. The van der Waals surface area contributed by atoms with E-state index in [9.17, 15) is 14.9 Å². The standard InChI is InChI=1S/C4H8N2O3/c5-4(7)2-1-3-6(8)9/h1-3H2,(H2,5,7). The molecule has 0 atom stereocenters. The number of nitro groups is 1. The fourth-order valence-electron chi connectivity index (χ4n) is 0.382. The first-order chi connectivity index (χ1) is 4.13. The summed E-state index contributed by atoms with van der Waals surface area (Å²) in [5.74, 6) is -0.489. The zero-order valence-corrected chi connectivity index (χ0v) is 4.87. The number of rotatable bonds is 4. The average Bonchev–Trinajstić information content (AvgIpc) is 1.63. The molecule has 0 saturated carbocycles. The van der Waals surface area contributed by atoms with Crippen LogP contribution in [0.25, 0.3) is 0 Å². The van der Waals surface area contributed by atoms with Crippen LogP contribution < -0.4 is 5.73 Å². The van der Waals surface area contributed by atoms with Gasteiger partial charge in [-0.3, -0.25) is 14.9 Å². The Morgan fingerprint density at radius 3 is 2.56 bits per heavy atom. The molecule has 0 heterocycles. The summed E-state index contributed by atoms with van der Waals surface area (Å²) in [6.45, 7) is -0.178. The lowest BCUT2D eigenvalue weighted by atomic mass is 10.3. The summed E-state index contributed by atoms with van der Waals surface area (Å²) in [6, 6.07) is 0. The predicted molar refractivity (Wildman–Crippen MR) is 30.3 cm³/mol. The fraction of sp³-hybridized carbons (Fsp3) is 0.750. The van der Waals surface area contributed by atoms with Gasteiger partial charge in [-0.2, -0.15) is 0 Å². The van der Waals surface area contributed by atoms with Gasteiger partial charge in [0.2, 0.25) is 12.5 Å². The van der Waals surface area contributed by atoms with Crippen LogP contribution in [0, 0.1) is 10.1 Å². The van der Waals surface area contributed by atoms with E-state index in [4.69, 9.17) is 5.73 Å². The maximum absolute atomic E-state index is 9.98. The highest BCUT2D eigenvalue weighted by Crippen LogP contribution is 1.85. The Hall–Kier alpha value is -1.13. The van der Waals surface area contributed by atoms with Crippen molar-refractivity contribution in [1.29, 1.82) is 0 Å². The number of carbonyl (C=O) groups is 1. The molecule has 0 saturated heterocycles. The summed E-state index contributed by atoms with van der Waals surface area (Å²) in [6.07, 6.45) is 0.337. The largest absolute Gasteiger partial charge is 0.370 e. The van der Waals surface area contributed by atoms with Crippen molar-refractivity contribution in [3.63, 3.8) is 0 Å². The van der Waals surface area contributed by atoms with Crippen molar-refractivity contribution < 1.29 is 9.72 Å². The molecule has 2 N–H and O–H groups in total. The van der Waals surface area contributed by atoms with Gasteiger partial charge in [-0.15, -0.1) is 0 Å². The third-order valence-electron chi connectivity index (χ3n) is 0.764. The van der Waals surface area contributed by atoms with Crippen LogP contribution >= 0.6 is 0 Å². The van der Waals surface area contributed by atoms with Crippen LogP contribution in [0.15, 0.2) is 0 Å². The second kappa shape index (κ2) is 3.82. The number of amides is 1. The van der Waals surface area contributed by atoms with Crippen LogP contribution in [0.4, 0.5) is 0 Å². The maximum Gasteiger partial charge on any atom is 0.217 e. The SMILES string of the molecule is NC(=O)CCC[N+](=O)[O-]. The van der Waals surface area contributed by atoms with Crippen molar-refractivity contribution in [2.24, 2.45) is 5.73 Å². The first-order valence-corrected chi connectivity index (χ1v) is 2.53. The third kappa shape index (κ3) is 6.87. The van der Waals surface area contributed by atoms with Gasteiger partial charge in [-0.1, -0.05) is 0 Å². The topological polar surface area (TPSA) is 86.2 Å². The number of nitrogens with zero attached hydrogens (tertiary/aromatic N) is 1. The molecule has 0 spiro atoms. The van der Waals surface area contributed by atoms with Crippen molar-refractivity contribution in [3.8, 4) is 0 Å². The monoisotopic (exact) mass is 132 g/mol. The molecule has 0 aromatic carbocycles. The highest BCUT2D eigenvalue weighted by atomic mass is 16.6. The van der Waals surface area contributed by atoms with Crippen molar-refractivity contribution in [1.82, 2.24) is 0 Å². The van der Waals surface area contributed by atoms with Crippen molar-refractivity contribution in [3.05, 3.63) is 10.1 Å². The Labute approximate surface area is 52.0 Å². The Morgan fingerprint density at radius 2 is 2.22 bits per heavy atom. The summed E-state index contributed by atoms with van der Waals surface area (Å²) >= 11 is 0. The molecule has 52 valence electrons. The van der Waals surface area contributed by atoms with E-state index in [1.54, 1.807) is 0 Å². The predicted octanol–water partition coefficient (Wildman–Crippen LogP) is -0.471. The molecule has 0 aliphatic carbocycles. The lowest BCUT2D eigenvalue weighted by molar-refractivity contribution is -0.480. The van der Waals surface area contributed by atoms with Gasteiger partial charge in [-0.05, 0) is 0 Å². The fourth-order valence-corrected chi connectivity index (χ4v) is 0.382. The minimum atomic E-state index is -0.489. The molecule has 0 radical (unpaired) electrons. The summed E-state index contributed by atoms with van der Waals surface area (Å²) in [7, 11) is 0. The van der Waals surface area contributed by atoms with Crippen LogP contribution in [-0.4, -0.2) is 17.4 Å². The molecule has 0 aromatic heterocycles. The van der Waals surface area contributed by atoms with E-state index in [2.05, 4.69) is 0 Å².